The molecule has 1 saturated heterocycles. The summed E-state index contributed by atoms with van der Waals surface area (Å²) in [5.41, 5.74) is 1.68. The van der Waals surface area contributed by atoms with Gasteiger partial charge < -0.3 is 9.64 Å². The SMILES string of the molecule is CC(C)(C)OC(=O)N1CCN(Cc2ccc(Cl)cc2-n2cccn2)CC1. The van der Waals surface area contributed by atoms with E-state index in [2.05, 4.69) is 10.00 Å². The molecule has 1 aromatic carbocycles. The molecule has 0 saturated carbocycles. The molecule has 2 heterocycles. The van der Waals surface area contributed by atoms with Crippen molar-refractivity contribution in [2.45, 2.75) is 32.9 Å². The van der Waals surface area contributed by atoms with Crippen LogP contribution in [0.1, 0.15) is 26.3 Å². The van der Waals surface area contributed by atoms with Crippen LogP contribution < -0.4 is 0 Å². The molecule has 1 amide bonds. The van der Waals surface area contributed by atoms with Crippen LogP contribution in [0, 0.1) is 0 Å². The molecule has 0 atom stereocenters. The maximum Gasteiger partial charge on any atom is 0.410 e. The molecule has 7 heteroatoms. The van der Waals surface area contributed by atoms with Crippen molar-refractivity contribution in [2.24, 2.45) is 0 Å². The summed E-state index contributed by atoms with van der Waals surface area (Å²) >= 11 is 6.17. The first kappa shape index (κ1) is 18.7. The van der Waals surface area contributed by atoms with Gasteiger partial charge in [0, 0.05) is 50.1 Å². The standard InChI is InChI=1S/C19H25ClN4O2/c1-19(2,3)26-18(25)23-11-9-22(10-12-23)14-15-5-6-16(20)13-17(15)24-8-4-7-21-24/h4-8,13H,9-12,14H2,1-3H3. The van der Waals surface area contributed by atoms with E-state index in [1.165, 1.54) is 0 Å². The van der Waals surface area contributed by atoms with Gasteiger partial charge in [0.25, 0.3) is 0 Å². The summed E-state index contributed by atoms with van der Waals surface area (Å²) in [7, 11) is 0. The van der Waals surface area contributed by atoms with Gasteiger partial charge in [-0.15, -0.1) is 0 Å². The second-order valence-electron chi connectivity index (χ2n) is 7.47. The number of hydrogen-bond acceptors (Lipinski definition) is 4. The molecule has 1 aliphatic heterocycles. The minimum absolute atomic E-state index is 0.235. The smallest absolute Gasteiger partial charge is 0.410 e. The Labute approximate surface area is 159 Å². The number of carbonyl (C=O) groups excluding carboxylic acids is 1. The number of hydrogen-bond donors (Lipinski definition) is 0. The van der Waals surface area contributed by atoms with Crippen molar-refractivity contribution in [1.29, 1.82) is 0 Å². The van der Waals surface area contributed by atoms with Crippen molar-refractivity contribution < 1.29 is 9.53 Å². The lowest BCUT2D eigenvalue weighted by Crippen LogP contribution is -2.49. The normalized spacial score (nSPS) is 15.9. The van der Waals surface area contributed by atoms with Crippen LogP contribution >= 0.6 is 11.6 Å². The molecule has 0 spiro atoms. The lowest BCUT2D eigenvalue weighted by molar-refractivity contribution is 0.0139. The molecule has 1 fully saturated rings. The maximum absolute atomic E-state index is 12.2. The molecule has 3 rings (SSSR count). The van der Waals surface area contributed by atoms with Crippen LogP contribution in [0.3, 0.4) is 0 Å². The number of ether oxygens (including phenoxy) is 1. The van der Waals surface area contributed by atoms with Crippen molar-refractivity contribution in [3.8, 4) is 5.69 Å². The first-order chi connectivity index (χ1) is 12.3. The first-order valence-corrected chi connectivity index (χ1v) is 9.18. The van der Waals surface area contributed by atoms with E-state index >= 15 is 0 Å². The van der Waals surface area contributed by atoms with Gasteiger partial charge in [0.1, 0.15) is 5.60 Å². The van der Waals surface area contributed by atoms with Crippen molar-refractivity contribution in [3.63, 3.8) is 0 Å². The van der Waals surface area contributed by atoms with E-state index in [0.29, 0.717) is 18.1 Å². The van der Waals surface area contributed by atoms with Gasteiger partial charge in [-0.05, 0) is 44.5 Å². The molecule has 1 aliphatic rings. The van der Waals surface area contributed by atoms with E-state index in [1.807, 2.05) is 55.9 Å². The lowest BCUT2D eigenvalue weighted by Gasteiger charge is -2.35. The zero-order chi connectivity index (χ0) is 18.7. The molecule has 0 aliphatic carbocycles. The highest BCUT2D eigenvalue weighted by Gasteiger charge is 2.26. The van der Waals surface area contributed by atoms with Gasteiger partial charge in [-0.1, -0.05) is 17.7 Å². The first-order valence-electron chi connectivity index (χ1n) is 8.80. The minimum atomic E-state index is -0.462. The molecule has 6 nitrogen and oxygen atoms in total. The Kier molecular flexibility index (Phi) is 5.53. The molecule has 0 unspecified atom stereocenters. The van der Waals surface area contributed by atoms with Crippen molar-refractivity contribution >= 4 is 17.7 Å². The molecule has 0 bridgehead atoms. The summed E-state index contributed by atoms with van der Waals surface area (Å²) in [5, 5.41) is 5.01. The molecule has 0 radical (unpaired) electrons. The van der Waals surface area contributed by atoms with Gasteiger partial charge in [0.15, 0.2) is 0 Å². The molecular weight excluding hydrogens is 352 g/mol. The topological polar surface area (TPSA) is 50.6 Å². The second-order valence-corrected chi connectivity index (χ2v) is 7.90. The summed E-state index contributed by atoms with van der Waals surface area (Å²) in [6.07, 6.45) is 3.43. The van der Waals surface area contributed by atoms with Crippen LogP contribution in [0.25, 0.3) is 5.69 Å². The van der Waals surface area contributed by atoms with Crippen LogP contribution in [0.5, 0.6) is 0 Å². The zero-order valence-electron chi connectivity index (χ0n) is 15.5. The minimum Gasteiger partial charge on any atom is -0.444 e. The monoisotopic (exact) mass is 376 g/mol. The molecular formula is C19H25ClN4O2. The highest BCUT2D eigenvalue weighted by atomic mass is 35.5. The largest absolute Gasteiger partial charge is 0.444 e. The average molecular weight is 377 g/mol. The van der Waals surface area contributed by atoms with Crippen LogP contribution in [0.2, 0.25) is 5.02 Å². The van der Waals surface area contributed by atoms with Gasteiger partial charge in [-0.2, -0.15) is 5.10 Å². The number of rotatable bonds is 3. The summed E-state index contributed by atoms with van der Waals surface area (Å²) < 4.78 is 7.29. The number of nitrogens with zero attached hydrogens (tertiary/aromatic N) is 4. The van der Waals surface area contributed by atoms with E-state index in [-0.39, 0.29) is 6.09 Å². The number of halogens is 1. The van der Waals surface area contributed by atoms with Crippen molar-refractivity contribution in [1.82, 2.24) is 19.6 Å². The summed E-state index contributed by atoms with van der Waals surface area (Å²) in [6.45, 7) is 9.39. The molecule has 0 N–H and O–H groups in total. The van der Waals surface area contributed by atoms with Gasteiger partial charge in [-0.25, -0.2) is 9.48 Å². The van der Waals surface area contributed by atoms with Crippen LogP contribution in [0.15, 0.2) is 36.7 Å². The van der Waals surface area contributed by atoms with E-state index in [1.54, 1.807) is 11.1 Å². The lowest BCUT2D eigenvalue weighted by atomic mass is 10.1. The molecule has 2 aromatic rings. The zero-order valence-corrected chi connectivity index (χ0v) is 16.2. The Hall–Kier alpha value is -2.05. The Bertz CT molecular complexity index is 747. The Morgan fingerprint density at radius 2 is 1.96 bits per heavy atom. The van der Waals surface area contributed by atoms with E-state index < -0.39 is 5.60 Å². The summed E-state index contributed by atoms with van der Waals surface area (Å²) in [4.78, 5) is 16.3. The van der Waals surface area contributed by atoms with E-state index in [9.17, 15) is 4.79 Å². The second kappa shape index (κ2) is 7.68. The van der Waals surface area contributed by atoms with Gasteiger partial charge in [0.2, 0.25) is 0 Å². The van der Waals surface area contributed by atoms with Gasteiger partial charge >= 0.3 is 6.09 Å². The molecule has 140 valence electrons. The number of aromatic nitrogens is 2. The average Bonchev–Trinajstić information content (AvgIpc) is 3.10. The van der Waals surface area contributed by atoms with Crippen molar-refractivity contribution in [3.05, 3.63) is 47.2 Å². The third-order valence-electron chi connectivity index (χ3n) is 4.22. The van der Waals surface area contributed by atoms with E-state index in [4.69, 9.17) is 16.3 Å². The summed E-state index contributed by atoms with van der Waals surface area (Å²) in [5.74, 6) is 0. The third kappa shape index (κ3) is 4.77. The van der Waals surface area contributed by atoms with Gasteiger partial charge in [-0.3, -0.25) is 4.90 Å². The highest BCUT2D eigenvalue weighted by molar-refractivity contribution is 6.30. The number of piperazine rings is 1. The fourth-order valence-electron chi connectivity index (χ4n) is 2.95. The highest BCUT2D eigenvalue weighted by Crippen LogP contribution is 2.22. The number of carbonyl (C=O) groups is 1. The molecule has 1 aromatic heterocycles. The fourth-order valence-corrected chi connectivity index (χ4v) is 3.12. The predicted molar refractivity (Wildman–Crippen MR) is 102 cm³/mol. The molecule has 26 heavy (non-hydrogen) atoms. The quantitative estimate of drug-likeness (QED) is 0.821. The Morgan fingerprint density at radius 1 is 1.23 bits per heavy atom. The Balaban J connectivity index is 1.63. The van der Waals surface area contributed by atoms with Crippen LogP contribution in [-0.4, -0.2) is 57.5 Å². The number of benzene rings is 1. The Morgan fingerprint density at radius 3 is 2.58 bits per heavy atom. The van der Waals surface area contributed by atoms with Crippen LogP contribution in [-0.2, 0) is 11.3 Å². The number of amides is 1. The third-order valence-corrected chi connectivity index (χ3v) is 4.45. The van der Waals surface area contributed by atoms with Crippen LogP contribution in [0.4, 0.5) is 4.79 Å². The fraction of sp³-hybridized carbons (Fsp3) is 0.474. The summed E-state index contributed by atoms with van der Waals surface area (Å²) in [6, 6.07) is 7.77. The van der Waals surface area contributed by atoms with E-state index in [0.717, 1.165) is 30.9 Å². The predicted octanol–water partition coefficient (Wildman–Crippen LogP) is 3.58. The van der Waals surface area contributed by atoms with Gasteiger partial charge in [0.05, 0.1) is 5.69 Å². The maximum atomic E-state index is 12.2. The van der Waals surface area contributed by atoms with Crippen molar-refractivity contribution in [2.75, 3.05) is 26.2 Å².